The molecule has 0 spiro atoms. The second kappa shape index (κ2) is 6.21. The number of halogens is 2. The molecule has 0 fully saturated rings. The number of carbonyl (C=O) groups excluding carboxylic acids is 1. The molecule has 0 aliphatic carbocycles. The number of hydrogen-bond acceptors (Lipinski definition) is 2. The van der Waals surface area contributed by atoms with Gasteiger partial charge in [-0.05, 0) is 24.3 Å². The molecule has 1 amide bonds. The summed E-state index contributed by atoms with van der Waals surface area (Å²) in [6, 6.07) is 12.3. The summed E-state index contributed by atoms with van der Waals surface area (Å²) in [5.41, 5.74) is 1.24. The van der Waals surface area contributed by atoms with Gasteiger partial charge in [0.2, 0.25) is 0 Å². The summed E-state index contributed by atoms with van der Waals surface area (Å²) in [5.74, 6) is -0.0107. The summed E-state index contributed by atoms with van der Waals surface area (Å²) in [7, 11) is 0. The lowest BCUT2D eigenvalue weighted by atomic mass is 10.2. The van der Waals surface area contributed by atoms with E-state index in [0.717, 1.165) is 8.95 Å². The first kappa shape index (κ1) is 14.1. The van der Waals surface area contributed by atoms with Crippen LogP contribution in [-0.4, -0.2) is 11.0 Å². The van der Waals surface area contributed by atoms with Gasteiger partial charge in [0.15, 0.2) is 0 Å². The highest BCUT2D eigenvalue weighted by Gasteiger charge is 2.08. The van der Waals surface area contributed by atoms with Crippen molar-refractivity contribution in [1.29, 1.82) is 0 Å². The van der Waals surface area contributed by atoms with Crippen LogP contribution in [0.25, 0.3) is 0 Å². The topological polar surface area (TPSA) is 49.3 Å². The first-order chi connectivity index (χ1) is 9.06. The van der Waals surface area contributed by atoms with Gasteiger partial charge >= 0.3 is 0 Å². The molecule has 0 heterocycles. The highest BCUT2D eigenvalue weighted by atomic mass is 79.9. The molecule has 98 valence electrons. The predicted octanol–water partition coefficient (Wildman–Crippen LogP) is 3.85. The van der Waals surface area contributed by atoms with Crippen molar-refractivity contribution in [2.75, 3.05) is 0 Å². The Morgan fingerprint density at radius 3 is 2.37 bits per heavy atom. The smallest absolute Gasteiger partial charge is 0.251 e. The summed E-state index contributed by atoms with van der Waals surface area (Å²) in [6.45, 7) is 0.287. The van der Waals surface area contributed by atoms with E-state index in [9.17, 15) is 9.90 Å². The highest BCUT2D eigenvalue weighted by molar-refractivity contribution is 9.11. The van der Waals surface area contributed by atoms with Gasteiger partial charge < -0.3 is 10.4 Å². The van der Waals surface area contributed by atoms with Crippen LogP contribution < -0.4 is 5.32 Å². The van der Waals surface area contributed by atoms with Crippen molar-refractivity contribution in [2.24, 2.45) is 0 Å². The molecule has 0 atom stereocenters. The lowest BCUT2D eigenvalue weighted by Crippen LogP contribution is -2.22. The van der Waals surface area contributed by atoms with E-state index in [1.54, 1.807) is 30.3 Å². The van der Waals surface area contributed by atoms with Gasteiger partial charge in [-0.1, -0.05) is 50.1 Å². The Bertz CT molecular complexity index is 594. The fourth-order valence-corrected chi connectivity index (χ4v) is 2.92. The maximum absolute atomic E-state index is 12.0. The Morgan fingerprint density at radius 1 is 1.11 bits per heavy atom. The van der Waals surface area contributed by atoms with E-state index in [1.165, 1.54) is 0 Å². The average molecular weight is 385 g/mol. The van der Waals surface area contributed by atoms with Crippen molar-refractivity contribution in [3.05, 3.63) is 62.5 Å². The van der Waals surface area contributed by atoms with Crippen LogP contribution in [0.5, 0.6) is 5.75 Å². The molecule has 0 aliphatic heterocycles. The zero-order valence-corrected chi connectivity index (χ0v) is 13.0. The Hall–Kier alpha value is -1.33. The molecule has 2 aromatic carbocycles. The lowest BCUT2D eigenvalue weighted by molar-refractivity contribution is 0.0950. The molecule has 3 nitrogen and oxygen atoms in total. The van der Waals surface area contributed by atoms with Crippen molar-refractivity contribution < 1.29 is 9.90 Å². The van der Waals surface area contributed by atoms with E-state index >= 15 is 0 Å². The van der Waals surface area contributed by atoms with E-state index in [-0.39, 0.29) is 18.2 Å². The number of phenols is 1. The Morgan fingerprint density at radius 2 is 1.74 bits per heavy atom. The fourth-order valence-electron chi connectivity index (χ4n) is 1.62. The van der Waals surface area contributed by atoms with Crippen LogP contribution >= 0.6 is 31.9 Å². The van der Waals surface area contributed by atoms with Crippen LogP contribution in [0.1, 0.15) is 15.9 Å². The summed E-state index contributed by atoms with van der Waals surface area (Å²) < 4.78 is 1.66. The number of phenolic OH excluding ortho intramolecular Hbond substituents is 1. The van der Waals surface area contributed by atoms with Gasteiger partial charge in [-0.25, -0.2) is 0 Å². The van der Waals surface area contributed by atoms with Gasteiger partial charge in [0.05, 0.1) is 0 Å². The number of benzene rings is 2. The number of para-hydroxylation sites is 1. The molecule has 2 rings (SSSR count). The molecule has 0 aromatic heterocycles. The van der Waals surface area contributed by atoms with Crippen LogP contribution in [0.3, 0.4) is 0 Å². The van der Waals surface area contributed by atoms with Crippen LogP contribution in [0.4, 0.5) is 0 Å². The van der Waals surface area contributed by atoms with Gasteiger partial charge in [0.1, 0.15) is 5.75 Å². The molecule has 5 heteroatoms. The zero-order chi connectivity index (χ0) is 13.8. The normalized spacial score (nSPS) is 10.2. The Kier molecular flexibility index (Phi) is 4.61. The standard InChI is InChI=1S/C14H11Br2NO2/c15-11-5-10(6-12(16)7-11)14(19)17-8-9-3-1-2-4-13(9)18/h1-7,18H,8H2,(H,17,19). The van der Waals surface area contributed by atoms with Crippen LogP contribution in [0, 0.1) is 0 Å². The summed E-state index contributed by atoms with van der Waals surface area (Å²) >= 11 is 6.68. The quantitative estimate of drug-likeness (QED) is 0.844. The maximum atomic E-state index is 12.0. The summed E-state index contributed by atoms with van der Waals surface area (Å²) in [6.07, 6.45) is 0. The van der Waals surface area contributed by atoms with E-state index in [1.807, 2.05) is 12.1 Å². The summed E-state index contributed by atoms with van der Waals surface area (Å²) in [5, 5.41) is 12.4. The first-order valence-corrected chi connectivity index (χ1v) is 7.16. The third-order valence-electron chi connectivity index (χ3n) is 2.56. The van der Waals surface area contributed by atoms with Crippen molar-refractivity contribution in [2.45, 2.75) is 6.54 Å². The third-order valence-corrected chi connectivity index (χ3v) is 3.47. The number of rotatable bonds is 3. The molecule has 0 radical (unpaired) electrons. The van der Waals surface area contributed by atoms with E-state index in [2.05, 4.69) is 37.2 Å². The second-order valence-electron chi connectivity index (χ2n) is 3.97. The molecule has 0 aliphatic rings. The van der Waals surface area contributed by atoms with Crippen LogP contribution in [0.15, 0.2) is 51.4 Å². The molecule has 0 saturated carbocycles. The number of nitrogens with one attached hydrogen (secondary N) is 1. The highest BCUT2D eigenvalue weighted by Crippen LogP contribution is 2.20. The van der Waals surface area contributed by atoms with Gasteiger partial charge in [0.25, 0.3) is 5.91 Å². The largest absolute Gasteiger partial charge is 0.508 e. The predicted molar refractivity (Wildman–Crippen MR) is 81.1 cm³/mol. The molecule has 0 unspecified atom stereocenters. The van der Waals surface area contributed by atoms with Gasteiger partial charge in [-0.15, -0.1) is 0 Å². The molecule has 0 saturated heterocycles. The first-order valence-electron chi connectivity index (χ1n) is 5.57. The SMILES string of the molecule is O=C(NCc1ccccc1O)c1cc(Br)cc(Br)c1. The number of hydrogen-bond donors (Lipinski definition) is 2. The minimum absolute atomic E-state index is 0.179. The fraction of sp³-hybridized carbons (Fsp3) is 0.0714. The molecular formula is C14H11Br2NO2. The maximum Gasteiger partial charge on any atom is 0.251 e. The minimum Gasteiger partial charge on any atom is -0.508 e. The molecule has 0 bridgehead atoms. The number of carbonyl (C=O) groups is 1. The van der Waals surface area contributed by atoms with Crippen LogP contribution in [0.2, 0.25) is 0 Å². The number of amides is 1. The van der Waals surface area contributed by atoms with Gasteiger partial charge in [0, 0.05) is 26.6 Å². The van der Waals surface area contributed by atoms with E-state index in [0.29, 0.717) is 11.1 Å². The summed E-state index contributed by atoms with van der Waals surface area (Å²) in [4.78, 5) is 12.0. The van der Waals surface area contributed by atoms with E-state index < -0.39 is 0 Å². The number of aromatic hydroxyl groups is 1. The third kappa shape index (κ3) is 3.81. The Labute approximate surface area is 127 Å². The van der Waals surface area contributed by atoms with E-state index in [4.69, 9.17) is 0 Å². The van der Waals surface area contributed by atoms with Gasteiger partial charge in [-0.3, -0.25) is 4.79 Å². The second-order valence-corrected chi connectivity index (χ2v) is 5.80. The molecular weight excluding hydrogens is 374 g/mol. The lowest BCUT2D eigenvalue weighted by Gasteiger charge is -2.07. The monoisotopic (exact) mass is 383 g/mol. The molecule has 2 N–H and O–H groups in total. The van der Waals surface area contributed by atoms with Crippen molar-refractivity contribution in [3.63, 3.8) is 0 Å². The van der Waals surface area contributed by atoms with Crippen molar-refractivity contribution in [1.82, 2.24) is 5.32 Å². The van der Waals surface area contributed by atoms with Crippen molar-refractivity contribution >= 4 is 37.8 Å². The zero-order valence-electron chi connectivity index (χ0n) is 9.86. The van der Waals surface area contributed by atoms with Crippen molar-refractivity contribution in [3.8, 4) is 5.75 Å². The Balaban J connectivity index is 2.08. The molecule has 19 heavy (non-hydrogen) atoms. The van der Waals surface area contributed by atoms with Gasteiger partial charge in [-0.2, -0.15) is 0 Å². The van der Waals surface area contributed by atoms with Crippen LogP contribution in [-0.2, 0) is 6.54 Å². The molecule has 2 aromatic rings. The minimum atomic E-state index is -0.190. The average Bonchev–Trinajstić information content (AvgIpc) is 2.36.